The van der Waals surface area contributed by atoms with Crippen LogP contribution in [0.4, 0.5) is 11.9 Å². The Labute approximate surface area is 437 Å². The number of carboxylic acids is 1. The van der Waals surface area contributed by atoms with Gasteiger partial charge in [0.2, 0.25) is 17.7 Å². The van der Waals surface area contributed by atoms with Gasteiger partial charge in [0.1, 0.15) is 0 Å². The predicted molar refractivity (Wildman–Crippen MR) is 293 cm³/mol. The zero-order valence-corrected chi connectivity index (χ0v) is 46.8. The molecule has 0 saturated heterocycles. The fraction of sp³-hybridized carbons (Fsp3) is 0.295. The summed E-state index contributed by atoms with van der Waals surface area (Å²) in [4.78, 5) is 39.4. The fourth-order valence-corrected chi connectivity index (χ4v) is 5.94. The van der Waals surface area contributed by atoms with Crippen LogP contribution < -0.4 is 10.6 Å². The average Bonchev–Trinajstić information content (AvgIpc) is 4.13. The summed E-state index contributed by atoms with van der Waals surface area (Å²) in [5.74, 6) is -0.120. The van der Waals surface area contributed by atoms with Crippen molar-refractivity contribution in [3.63, 3.8) is 0 Å². The molecule has 0 bridgehead atoms. The van der Waals surface area contributed by atoms with Gasteiger partial charge in [-0.25, -0.2) is 24.1 Å². The van der Waals surface area contributed by atoms with Crippen LogP contribution in [0.1, 0.15) is 111 Å². The second-order valence-electron chi connectivity index (χ2n) is 14.3. The molecule has 0 saturated carbocycles. The number of hydrogen-bond acceptors (Lipinski definition) is 12. The summed E-state index contributed by atoms with van der Waals surface area (Å²) in [7, 11) is 0. The number of rotatable bonds is 12. The first kappa shape index (κ1) is 56.5. The number of hydrogen-bond donors (Lipinski definition) is 3. The van der Waals surface area contributed by atoms with Gasteiger partial charge in [0.05, 0.1) is 23.8 Å². The summed E-state index contributed by atoms with van der Waals surface area (Å²) in [5.41, 5.74) is 6.88. The Balaban J connectivity index is 0.000000289. The number of aromatic nitrogens is 12. The molecule has 0 fully saturated rings. The normalized spacial score (nSPS) is 10.5. The Kier molecular flexibility index (Phi) is 24.4. The number of benzene rings is 2. The summed E-state index contributed by atoms with van der Waals surface area (Å²) in [5, 5.41) is 33.2. The molecule has 0 unspecified atom stereocenters. The maximum absolute atomic E-state index is 11.5. The predicted octanol–water partition coefficient (Wildman–Crippen LogP) is 11.6. The van der Waals surface area contributed by atoms with Crippen LogP contribution >= 0.6 is 82.5 Å². The van der Waals surface area contributed by atoms with Crippen molar-refractivity contribution in [3.8, 4) is 11.4 Å². The van der Waals surface area contributed by atoms with E-state index in [4.69, 9.17) is 0 Å². The summed E-state index contributed by atoms with van der Waals surface area (Å²) in [6, 6.07) is 19.5. The third-order valence-corrected chi connectivity index (χ3v) is 8.71. The Hall–Kier alpha value is -3.80. The van der Waals surface area contributed by atoms with Crippen LogP contribution in [0.15, 0.2) is 97.8 Å². The molecule has 8 aromatic rings. The average molecular weight is 1390 g/mol. The number of nitrogens with zero attached hydrogens (tertiary/aromatic N) is 12. The molecule has 0 atom stereocenters. The van der Waals surface area contributed by atoms with Crippen molar-refractivity contribution in [2.75, 3.05) is 10.6 Å². The van der Waals surface area contributed by atoms with E-state index in [1.54, 1.807) is 40.9 Å². The van der Waals surface area contributed by atoms with Crippen molar-refractivity contribution in [2.45, 2.75) is 84.7 Å². The Bertz CT molecular complexity index is 2700. The van der Waals surface area contributed by atoms with Crippen molar-refractivity contribution in [1.29, 1.82) is 0 Å². The van der Waals surface area contributed by atoms with E-state index in [9.17, 15) is 14.7 Å². The van der Waals surface area contributed by atoms with E-state index in [2.05, 4.69) is 168 Å². The van der Waals surface area contributed by atoms with Crippen LogP contribution in [0.5, 0.6) is 0 Å². The number of para-hydroxylation sites is 2. The molecule has 8 rings (SSSR count). The van der Waals surface area contributed by atoms with Crippen LogP contribution in [-0.4, -0.2) is 80.0 Å². The molecule has 0 aliphatic heterocycles. The molecule has 6 heterocycles. The Morgan fingerprint density at radius 3 is 1.48 bits per heavy atom. The second kappa shape index (κ2) is 28.5. The van der Waals surface area contributed by atoms with Crippen LogP contribution in [0.2, 0.25) is 0 Å². The molecule has 0 amide bonds. The molecular formula is C44H54I4N14O3V-. The van der Waals surface area contributed by atoms with Gasteiger partial charge in [0.15, 0.2) is 23.4 Å². The first-order valence-electron chi connectivity index (χ1n) is 20.1. The summed E-state index contributed by atoms with van der Waals surface area (Å²) in [6.45, 7) is 18.4. The van der Waals surface area contributed by atoms with Crippen molar-refractivity contribution in [2.24, 2.45) is 0 Å². The molecule has 66 heavy (non-hydrogen) atoms. The van der Waals surface area contributed by atoms with Gasteiger partial charge in [0, 0.05) is 52.9 Å². The number of nitrogens with one attached hydrogen (secondary N) is 2. The van der Waals surface area contributed by atoms with Crippen molar-refractivity contribution in [1.82, 2.24) is 58.7 Å². The minimum absolute atomic E-state index is 0. The number of alkyl halides is 1. The van der Waals surface area contributed by atoms with Gasteiger partial charge in [-0.2, -0.15) is 46.3 Å². The van der Waals surface area contributed by atoms with E-state index in [0.717, 1.165) is 37.6 Å². The fourth-order valence-electron chi connectivity index (χ4n) is 5.94. The molecular weight excluding hydrogens is 1330 g/mol. The van der Waals surface area contributed by atoms with Gasteiger partial charge in [-0.05, 0) is 47.2 Å². The molecule has 6 aromatic heterocycles. The van der Waals surface area contributed by atoms with Gasteiger partial charge in [0.25, 0.3) is 0 Å². The van der Waals surface area contributed by atoms with E-state index < -0.39 is 5.97 Å². The molecule has 17 nitrogen and oxygen atoms in total. The van der Waals surface area contributed by atoms with Crippen LogP contribution in [0, 0.1) is 6.92 Å². The van der Waals surface area contributed by atoms with E-state index in [-0.39, 0.29) is 35.8 Å². The SMILES string of the molecule is C.CC(C)I.CC(C)c1cnn2c(NCc3ccccc3-n3cccn3)nc(C(=O)O)nc12.CC(C)c1cnn2c(NCc3ccccc3-n3cccn3)nc(C=O)nc12.[CH2-]C.[I][V]([I])[I]. The van der Waals surface area contributed by atoms with Crippen LogP contribution in [0.3, 0.4) is 0 Å². The van der Waals surface area contributed by atoms with Gasteiger partial charge < -0.3 is 22.7 Å². The van der Waals surface area contributed by atoms with Gasteiger partial charge in [-0.1, -0.05) is 108 Å². The summed E-state index contributed by atoms with van der Waals surface area (Å²) < 4.78 is 7.57. The number of carboxylic acid groups (broad SMARTS) is 1. The first-order valence-corrected chi connectivity index (χ1v) is 34.9. The molecule has 352 valence electrons. The van der Waals surface area contributed by atoms with Gasteiger partial charge in [-0.3, -0.25) is 4.79 Å². The monoisotopic (exact) mass is 1390 g/mol. The van der Waals surface area contributed by atoms with E-state index >= 15 is 0 Å². The third-order valence-electron chi connectivity index (χ3n) is 8.71. The number of halogens is 4. The third kappa shape index (κ3) is 16.2. The standard InChI is InChI=1S/C19H19N7O2.C19H19N7O.C3H7I.C2H5.CH4.3HI.V/c1-12(2)14-11-22-26-17(14)23-16(18(27)28)24-19(26)20-10-13-6-3-4-7-15(13)25-9-5-8-21-25;1-13(2)15-11-22-26-18(15)23-17(12-27)24-19(26)20-10-14-6-3-4-7-16(14)25-9-5-8-21-25;1-3(2)4;1-2;;;;;/h3-9,11-12H,10H2,1-2H3,(H,27,28)(H,20,23,24);3-9,11-13H,10H2,1-2H3,(H,20,23,24);3H,1-2H3;1H2,2H3;1H4;3*1H;/q;;;-1;;;;;+3/p-3. The molecule has 0 aliphatic carbocycles. The molecule has 22 heteroatoms. The quantitative estimate of drug-likeness (QED) is 0.0452. The number of aldehydes is 1. The Morgan fingerprint density at radius 1 is 0.697 bits per heavy atom. The minimum atomic E-state index is -1.18. The van der Waals surface area contributed by atoms with E-state index in [0.29, 0.717) is 42.6 Å². The van der Waals surface area contributed by atoms with E-state index in [1.165, 1.54) is 4.52 Å². The molecule has 0 spiro atoms. The molecule has 3 N–H and O–H groups in total. The van der Waals surface area contributed by atoms with Gasteiger partial charge in [-0.15, -0.1) is 0 Å². The van der Waals surface area contributed by atoms with Crippen molar-refractivity contribution in [3.05, 3.63) is 139 Å². The maximum atomic E-state index is 11.5. The number of carbonyl (C=O) groups is 2. The summed E-state index contributed by atoms with van der Waals surface area (Å²) in [6.07, 6.45) is 11.3. The topological polar surface area (TPSA) is 200 Å². The van der Waals surface area contributed by atoms with E-state index in [1.807, 2.05) is 91.6 Å². The number of carbonyl (C=O) groups excluding carboxylic acids is 1. The molecule has 0 radical (unpaired) electrons. The number of aromatic carboxylic acids is 1. The Morgan fingerprint density at radius 2 is 1.11 bits per heavy atom. The number of fused-ring (bicyclic) bond motifs is 2. The first-order chi connectivity index (χ1) is 31.2. The zero-order valence-electron chi connectivity index (χ0n) is 36.8. The summed E-state index contributed by atoms with van der Waals surface area (Å²) >= 11 is 9.73. The van der Waals surface area contributed by atoms with Crippen LogP contribution in [0.25, 0.3) is 22.7 Å². The molecule has 0 aliphatic rings. The zero-order chi connectivity index (χ0) is 47.6. The number of anilines is 2. The second-order valence-corrected chi connectivity index (χ2v) is 52.1. The van der Waals surface area contributed by atoms with Crippen molar-refractivity contribution >= 4 is 118 Å². The van der Waals surface area contributed by atoms with Crippen molar-refractivity contribution < 1.29 is 19.6 Å². The van der Waals surface area contributed by atoms with Gasteiger partial charge >= 0.3 is 70.8 Å². The van der Waals surface area contributed by atoms with Crippen LogP contribution in [-0.2, 0) is 18.0 Å². The molecule has 2 aromatic carbocycles.